The molecule has 142 valence electrons. The van der Waals surface area contributed by atoms with E-state index >= 15 is 0 Å². The third-order valence-electron chi connectivity index (χ3n) is 4.22. The maximum absolute atomic E-state index is 13.0. The van der Waals surface area contributed by atoms with Gasteiger partial charge in [0.05, 0.1) is 30.6 Å². The number of thiophene rings is 1. The van der Waals surface area contributed by atoms with Gasteiger partial charge in [0.15, 0.2) is 5.82 Å². The van der Waals surface area contributed by atoms with Crippen LogP contribution in [-0.4, -0.2) is 42.3 Å². The normalized spacial score (nSPS) is 11.1. The third-order valence-corrected chi connectivity index (χ3v) is 5.40. The minimum atomic E-state index is -0.443. The number of benzene rings is 1. The van der Waals surface area contributed by atoms with Gasteiger partial charge < -0.3 is 4.74 Å². The average molecular weight is 396 g/mol. The molecule has 0 atom stereocenters. The average Bonchev–Trinajstić information content (AvgIpc) is 3.30. The molecule has 0 N–H and O–H groups in total. The summed E-state index contributed by atoms with van der Waals surface area (Å²) < 4.78 is 8.07. The molecule has 1 aromatic carbocycles. The number of para-hydroxylation sites is 1. The lowest BCUT2D eigenvalue weighted by atomic mass is 10.2. The summed E-state index contributed by atoms with van der Waals surface area (Å²) in [6.07, 6.45) is 1.44. The predicted molar refractivity (Wildman–Crippen MR) is 103 cm³/mol. The van der Waals surface area contributed by atoms with E-state index in [1.807, 2.05) is 30.3 Å². The fourth-order valence-electron chi connectivity index (χ4n) is 2.89. The van der Waals surface area contributed by atoms with E-state index < -0.39 is 5.97 Å². The van der Waals surface area contributed by atoms with E-state index in [9.17, 15) is 9.59 Å². The van der Waals surface area contributed by atoms with Crippen molar-refractivity contribution in [2.45, 2.75) is 20.4 Å². The summed E-state index contributed by atoms with van der Waals surface area (Å²) in [5.74, 6) is 0.0509. The third kappa shape index (κ3) is 3.07. The zero-order valence-electron chi connectivity index (χ0n) is 15.2. The second-order valence-electron chi connectivity index (χ2n) is 5.98. The lowest BCUT2D eigenvalue weighted by molar-refractivity contribution is 0.0531. The van der Waals surface area contributed by atoms with Gasteiger partial charge in [0, 0.05) is 0 Å². The largest absolute Gasteiger partial charge is 0.462 e. The van der Waals surface area contributed by atoms with Gasteiger partial charge in [-0.15, -0.1) is 16.4 Å². The molecule has 0 aliphatic rings. The topological polar surface area (TPSA) is 105 Å². The fraction of sp³-hybridized carbons (Fsp3) is 0.222. The van der Waals surface area contributed by atoms with Gasteiger partial charge in [0.2, 0.25) is 0 Å². The molecule has 0 unspecified atom stereocenters. The van der Waals surface area contributed by atoms with E-state index in [1.54, 1.807) is 18.5 Å². The van der Waals surface area contributed by atoms with Crippen LogP contribution >= 0.6 is 11.3 Å². The standard InChI is InChI=1S/C18H16N6O3S/c1-3-27-18(26)15-11(2)14-16(28-15)19-10-23(17(14)25)9-13-20-21-22-24(13)12-7-5-4-6-8-12/h4-8,10H,3,9H2,1-2H3. The number of carbonyl (C=O) groups excluding carboxylic acids is 1. The molecule has 0 aliphatic carbocycles. The van der Waals surface area contributed by atoms with Gasteiger partial charge in [0.25, 0.3) is 5.56 Å². The van der Waals surface area contributed by atoms with Gasteiger partial charge in [-0.1, -0.05) is 18.2 Å². The molecule has 9 nitrogen and oxygen atoms in total. The Bertz CT molecular complexity index is 1210. The molecule has 0 amide bonds. The minimum Gasteiger partial charge on any atom is -0.462 e. The molecule has 0 saturated heterocycles. The second-order valence-corrected chi connectivity index (χ2v) is 6.98. The Kier molecular flexibility index (Phi) is 4.70. The lowest BCUT2D eigenvalue weighted by Gasteiger charge is -2.06. The van der Waals surface area contributed by atoms with Gasteiger partial charge in [-0.2, -0.15) is 4.68 Å². The van der Waals surface area contributed by atoms with E-state index in [0.29, 0.717) is 26.5 Å². The van der Waals surface area contributed by atoms with E-state index in [0.717, 1.165) is 17.0 Å². The maximum Gasteiger partial charge on any atom is 0.348 e. The Morgan fingerprint density at radius 1 is 1.25 bits per heavy atom. The van der Waals surface area contributed by atoms with Gasteiger partial charge in [-0.25, -0.2) is 9.78 Å². The van der Waals surface area contributed by atoms with E-state index in [1.165, 1.54) is 10.9 Å². The van der Waals surface area contributed by atoms with Crippen molar-refractivity contribution in [1.29, 1.82) is 0 Å². The number of carbonyl (C=O) groups is 1. The molecule has 3 aromatic heterocycles. The summed E-state index contributed by atoms with van der Waals surface area (Å²) in [5, 5.41) is 12.2. The molecule has 0 spiro atoms. The van der Waals surface area contributed by atoms with Crippen LogP contribution in [0.25, 0.3) is 15.9 Å². The molecule has 0 radical (unpaired) electrons. The van der Waals surface area contributed by atoms with E-state index in [4.69, 9.17) is 4.74 Å². The Balaban J connectivity index is 1.75. The van der Waals surface area contributed by atoms with Crippen molar-refractivity contribution in [1.82, 2.24) is 29.8 Å². The first-order valence-electron chi connectivity index (χ1n) is 8.58. The van der Waals surface area contributed by atoms with Crippen LogP contribution in [0.1, 0.15) is 28.0 Å². The highest BCUT2D eigenvalue weighted by atomic mass is 32.1. The SMILES string of the molecule is CCOC(=O)c1sc2ncn(Cc3nnnn3-c3ccccc3)c(=O)c2c1C. The monoisotopic (exact) mass is 396 g/mol. The molecule has 10 heteroatoms. The van der Waals surface area contributed by atoms with Gasteiger partial charge in [-0.05, 0) is 42.0 Å². The van der Waals surface area contributed by atoms with Crippen LogP contribution < -0.4 is 5.56 Å². The lowest BCUT2D eigenvalue weighted by Crippen LogP contribution is -2.23. The Hall–Kier alpha value is -3.40. The first-order valence-corrected chi connectivity index (χ1v) is 9.40. The summed E-state index contributed by atoms with van der Waals surface area (Å²) in [7, 11) is 0. The van der Waals surface area contributed by atoms with Gasteiger partial charge >= 0.3 is 5.97 Å². The first kappa shape index (κ1) is 18.0. The Morgan fingerprint density at radius 3 is 2.79 bits per heavy atom. The summed E-state index contributed by atoms with van der Waals surface area (Å²) in [6.45, 7) is 3.88. The van der Waals surface area contributed by atoms with E-state index in [2.05, 4.69) is 20.5 Å². The van der Waals surface area contributed by atoms with Crippen molar-refractivity contribution >= 4 is 27.5 Å². The number of esters is 1. The highest BCUT2D eigenvalue weighted by Crippen LogP contribution is 2.27. The maximum atomic E-state index is 13.0. The number of nitrogens with zero attached hydrogens (tertiary/aromatic N) is 6. The van der Waals surface area contributed by atoms with Crippen LogP contribution in [0.15, 0.2) is 41.5 Å². The molecule has 28 heavy (non-hydrogen) atoms. The molecule has 0 aliphatic heterocycles. The Labute approximate surface area is 163 Å². The summed E-state index contributed by atoms with van der Waals surface area (Å²) in [6, 6.07) is 9.41. The summed E-state index contributed by atoms with van der Waals surface area (Å²) in [5.41, 5.74) is 1.12. The highest BCUT2D eigenvalue weighted by Gasteiger charge is 2.21. The molecule has 4 aromatic rings. The molecule has 3 heterocycles. The minimum absolute atomic E-state index is 0.147. The van der Waals surface area contributed by atoms with Crippen LogP contribution in [0, 0.1) is 6.92 Å². The molecule has 0 fully saturated rings. The van der Waals surface area contributed by atoms with Crippen LogP contribution in [0.3, 0.4) is 0 Å². The Morgan fingerprint density at radius 2 is 2.04 bits per heavy atom. The van der Waals surface area contributed by atoms with E-state index in [-0.39, 0.29) is 18.7 Å². The number of aromatic nitrogens is 6. The summed E-state index contributed by atoms with van der Waals surface area (Å²) in [4.78, 5) is 30.4. The number of tetrazole rings is 1. The number of aryl methyl sites for hydroxylation is 1. The molecule has 4 rings (SSSR count). The zero-order chi connectivity index (χ0) is 19.7. The number of hydrogen-bond donors (Lipinski definition) is 0. The van der Waals surface area contributed by atoms with Crippen LogP contribution in [0.4, 0.5) is 0 Å². The molecule has 0 bridgehead atoms. The number of hydrogen-bond acceptors (Lipinski definition) is 8. The smallest absolute Gasteiger partial charge is 0.348 e. The second kappa shape index (κ2) is 7.31. The van der Waals surface area contributed by atoms with Crippen molar-refractivity contribution in [2.75, 3.05) is 6.61 Å². The van der Waals surface area contributed by atoms with Crippen molar-refractivity contribution in [2.24, 2.45) is 0 Å². The molecular formula is C18H16N6O3S. The van der Waals surface area contributed by atoms with Crippen LogP contribution in [-0.2, 0) is 11.3 Å². The number of ether oxygens (including phenoxy) is 1. The van der Waals surface area contributed by atoms with Crippen LogP contribution in [0.2, 0.25) is 0 Å². The summed E-state index contributed by atoms with van der Waals surface area (Å²) >= 11 is 1.16. The van der Waals surface area contributed by atoms with Crippen molar-refractivity contribution in [3.8, 4) is 5.69 Å². The predicted octanol–water partition coefficient (Wildman–Crippen LogP) is 1.97. The van der Waals surface area contributed by atoms with Crippen molar-refractivity contribution in [3.05, 3.63) is 63.3 Å². The number of rotatable bonds is 5. The van der Waals surface area contributed by atoms with Crippen LogP contribution in [0.5, 0.6) is 0 Å². The van der Waals surface area contributed by atoms with Gasteiger partial charge in [0.1, 0.15) is 9.71 Å². The first-order chi connectivity index (χ1) is 13.6. The number of fused-ring (bicyclic) bond motifs is 1. The van der Waals surface area contributed by atoms with Crippen molar-refractivity contribution < 1.29 is 9.53 Å². The zero-order valence-corrected chi connectivity index (χ0v) is 16.0. The quantitative estimate of drug-likeness (QED) is 0.475. The van der Waals surface area contributed by atoms with Gasteiger partial charge in [-0.3, -0.25) is 9.36 Å². The van der Waals surface area contributed by atoms with Crippen molar-refractivity contribution in [3.63, 3.8) is 0 Å². The molecule has 0 saturated carbocycles. The molecular weight excluding hydrogens is 380 g/mol. The highest BCUT2D eigenvalue weighted by molar-refractivity contribution is 7.20. The fourth-order valence-corrected chi connectivity index (χ4v) is 3.92.